The summed E-state index contributed by atoms with van der Waals surface area (Å²) >= 11 is 0. The zero-order valence-electron chi connectivity index (χ0n) is 14.8. The molecular weight excluding hydrogens is 328 g/mol. The van der Waals surface area contributed by atoms with Crippen LogP contribution in [0.1, 0.15) is 6.42 Å². The molecule has 1 aliphatic rings. The molecule has 0 amide bonds. The van der Waals surface area contributed by atoms with Crippen molar-refractivity contribution in [3.8, 4) is 5.69 Å². The predicted octanol–water partition coefficient (Wildman–Crippen LogP) is 4.79. The van der Waals surface area contributed by atoms with E-state index in [1.165, 1.54) is 49.0 Å². The van der Waals surface area contributed by atoms with E-state index >= 15 is 0 Å². The van der Waals surface area contributed by atoms with E-state index in [0.717, 1.165) is 6.42 Å². The van der Waals surface area contributed by atoms with Crippen LogP contribution < -0.4 is 10.6 Å². The molecule has 1 N–H and O–H groups in total. The number of nitrogens with one attached hydrogen (secondary N) is 1. The smallest absolute Gasteiger partial charge is 0.0783 e. The Kier molecular flexibility index (Phi) is 2.97. The van der Waals surface area contributed by atoms with Gasteiger partial charge < -0.3 is 9.55 Å². The van der Waals surface area contributed by atoms with Gasteiger partial charge in [-0.05, 0) is 30.7 Å². The number of fused-ring (bicyclic) bond motifs is 7. The van der Waals surface area contributed by atoms with Crippen molar-refractivity contribution in [3.63, 3.8) is 0 Å². The molecule has 1 aliphatic carbocycles. The number of aromatic amines is 1. The molecule has 0 atom stereocenters. The number of rotatable bonds is 1. The number of nitrogens with zero attached hydrogens (tertiary/aromatic N) is 1. The number of hydrogen-bond acceptors (Lipinski definition) is 0. The van der Waals surface area contributed by atoms with Gasteiger partial charge in [0.15, 0.2) is 0 Å². The molecule has 0 aliphatic heterocycles. The normalized spacial score (nSPS) is 13.5. The van der Waals surface area contributed by atoms with E-state index in [-0.39, 0.29) is 0 Å². The van der Waals surface area contributed by atoms with Crippen molar-refractivity contribution in [1.29, 1.82) is 0 Å². The average molecular weight is 346 g/mol. The van der Waals surface area contributed by atoms with Gasteiger partial charge in [0, 0.05) is 32.6 Å². The van der Waals surface area contributed by atoms with Crippen molar-refractivity contribution in [3.05, 3.63) is 89.4 Å². The molecule has 3 aromatic carbocycles. The average Bonchev–Trinajstić information content (AvgIpc) is 3.14. The summed E-state index contributed by atoms with van der Waals surface area (Å²) in [5.74, 6) is 0. The second kappa shape index (κ2) is 5.49. The molecule has 6 rings (SSSR count). The van der Waals surface area contributed by atoms with Crippen molar-refractivity contribution in [1.82, 2.24) is 9.55 Å². The number of H-pyrrole nitrogens is 1. The van der Waals surface area contributed by atoms with Crippen LogP contribution in [0.4, 0.5) is 0 Å². The molecule has 2 aromatic heterocycles. The van der Waals surface area contributed by atoms with Gasteiger partial charge in [-0.2, -0.15) is 0 Å². The minimum absolute atomic E-state index is 0.960. The van der Waals surface area contributed by atoms with Crippen molar-refractivity contribution in [2.75, 3.05) is 0 Å². The first-order chi connectivity index (χ1) is 13.4. The number of allylic oxidation sites excluding steroid dienone is 2. The van der Waals surface area contributed by atoms with Gasteiger partial charge in [-0.15, -0.1) is 0 Å². The maximum Gasteiger partial charge on any atom is 0.0783 e. The topological polar surface area (TPSA) is 20.7 Å². The molecular formula is C25H18N2. The lowest BCUT2D eigenvalue weighted by Gasteiger charge is -2.07. The number of aromatic nitrogens is 2. The first-order valence-corrected chi connectivity index (χ1v) is 9.38. The number of benzene rings is 3. The summed E-state index contributed by atoms with van der Waals surface area (Å²) in [6, 6.07) is 23.7. The second-order valence-corrected chi connectivity index (χ2v) is 7.06. The molecule has 0 unspecified atom stereocenters. The van der Waals surface area contributed by atoms with E-state index in [1.807, 2.05) is 0 Å². The van der Waals surface area contributed by atoms with Crippen LogP contribution in [0.5, 0.6) is 0 Å². The third kappa shape index (κ3) is 2.01. The molecule has 2 heteroatoms. The molecule has 0 spiro atoms. The number of para-hydroxylation sites is 2. The van der Waals surface area contributed by atoms with Gasteiger partial charge >= 0.3 is 0 Å². The molecule has 0 saturated carbocycles. The molecule has 0 saturated heterocycles. The first kappa shape index (κ1) is 14.6. The van der Waals surface area contributed by atoms with Crippen molar-refractivity contribution < 1.29 is 0 Å². The second-order valence-electron chi connectivity index (χ2n) is 7.06. The minimum Gasteiger partial charge on any atom is -0.353 e. The Hall–Kier alpha value is -3.52. The standard InChI is InChI=1S/C25H18N2/c1-3-9-17(10-4-1)27-23-14-6-2-5-12-19(23)21-16-15-20-18-11-7-8-13-22(18)26-24(20)25(21)27/h1-4,6-16,26H,5H2. The summed E-state index contributed by atoms with van der Waals surface area (Å²) in [6.45, 7) is 0. The summed E-state index contributed by atoms with van der Waals surface area (Å²) in [4.78, 5) is 3.69. The van der Waals surface area contributed by atoms with Crippen molar-refractivity contribution in [2.24, 2.45) is 0 Å². The van der Waals surface area contributed by atoms with Crippen molar-refractivity contribution in [2.45, 2.75) is 6.42 Å². The largest absolute Gasteiger partial charge is 0.353 e. The molecule has 2 heterocycles. The fraction of sp³-hybridized carbons (Fsp3) is 0.0400. The fourth-order valence-electron chi connectivity index (χ4n) is 4.38. The van der Waals surface area contributed by atoms with E-state index < -0.39 is 0 Å². The number of hydrogen-bond donors (Lipinski definition) is 1. The lowest BCUT2D eigenvalue weighted by Crippen LogP contribution is -2.27. The van der Waals surface area contributed by atoms with Crippen LogP contribution in [0.2, 0.25) is 0 Å². The highest BCUT2D eigenvalue weighted by Crippen LogP contribution is 2.31. The fourth-order valence-corrected chi connectivity index (χ4v) is 4.38. The van der Waals surface area contributed by atoms with Crippen LogP contribution in [0.3, 0.4) is 0 Å². The lowest BCUT2D eigenvalue weighted by atomic mass is 10.1. The molecule has 2 nitrogen and oxygen atoms in total. The van der Waals surface area contributed by atoms with Crippen molar-refractivity contribution >= 4 is 44.9 Å². The summed E-state index contributed by atoms with van der Waals surface area (Å²) in [6.07, 6.45) is 9.92. The summed E-state index contributed by atoms with van der Waals surface area (Å²) in [5.41, 5.74) is 4.83. The van der Waals surface area contributed by atoms with Crippen LogP contribution in [0.15, 0.2) is 78.9 Å². The Morgan fingerprint density at radius 3 is 2.52 bits per heavy atom. The minimum atomic E-state index is 0.960. The summed E-state index contributed by atoms with van der Waals surface area (Å²) < 4.78 is 2.40. The van der Waals surface area contributed by atoms with E-state index in [2.05, 4.69) is 101 Å². The van der Waals surface area contributed by atoms with Crippen LogP contribution in [0, 0.1) is 0 Å². The van der Waals surface area contributed by atoms with E-state index in [9.17, 15) is 0 Å². The predicted molar refractivity (Wildman–Crippen MR) is 115 cm³/mol. The van der Waals surface area contributed by atoms with Crippen LogP contribution in [-0.4, -0.2) is 9.55 Å². The van der Waals surface area contributed by atoms with Crippen LogP contribution in [0.25, 0.3) is 50.5 Å². The lowest BCUT2D eigenvalue weighted by molar-refractivity contribution is 1.07. The third-order valence-electron chi connectivity index (χ3n) is 5.55. The molecule has 0 radical (unpaired) electrons. The Morgan fingerprint density at radius 2 is 1.59 bits per heavy atom. The molecule has 0 bridgehead atoms. The van der Waals surface area contributed by atoms with Gasteiger partial charge in [-0.25, -0.2) is 0 Å². The van der Waals surface area contributed by atoms with Gasteiger partial charge in [-0.1, -0.05) is 66.8 Å². The van der Waals surface area contributed by atoms with E-state index in [4.69, 9.17) is 0 Å². The first-order valence-electron chi connectivity index (χ1n) is 9.38. The van der Waals surface area contributed by atoms with Crippen LogP contribution in [-0.2, 0) is 0 Å². The maximum atomic E-state index is 3.69. The monoisotopic (exact) mass is 346 g/mol. The quantitative estimate of drug-likeness (QED) is 0.451. The Labute approximate surface area is 156 Å². The van der Waals surface area contributed by atoms with Crippen LogP contribution >= 0.6 is 0 Å². The Morgan fingerprint density at radius 1 is 0.778 bits per heavy atom. The summed E-state index contributed by atoms with van der Waals surface area (Å²) in [5, 5.41) is 6.42. The molecule has 5 aromatic rings. The van der Waals surface area contributed by atoms with Gasteiger partial charge in [0.2, 0.25) is 0 Å². The van der Waals surface area contributed by atoms with E-state index in [1.54, 1.807) is 0 Å². The van der Waals surface area contributed by atoms with Gasteiger partial charge in [0.25, 0.3) is 0 Å². The highest BCUT2D eigenvalue weighted by Gasteiger charge is 2.15. The zero-order valence-corrected chi connectivity index (χ0v) is 14.8. The highest BCUT2D eigenvalue weighted by molar-refractivity contribution is 6.16. The zero-order chi connectivity index (χ0) is 17.8. The Bertz CT molecular complexity index is 1480. The third-order valence-corrected chi connectivity index (χ3v) is 5.55. The van der Waals surface area contributed by atoms with Gasteiger partial charge in [-0.3, -0.25) is 0 Å². The maximum absolute atomic E-state index is 3.69. The Balaban J connectivity index is 1.92. The van der Waals surface area contributed by atoms with Gasteiger partial charge in [0.05, 0.1) is 16.4 Å². The SMILES string of the molecule is C1=CCC=c2c(n(-c3ccccc3)c3c2ccc2c4ccccc4[nH]c23)=C1. The van der Waals surface area contributed by atoms with Gasteiger partial charge in [0.1, 0.15) is 0 Å². The molecule has 128 valence electrons. The highest BCUT2D eigenvalue weighted by atomic mass is 15.0. The summed E-state index contributed by atoms with van der Waals surface area (Å²) in [7, 11) is 0. The van der Waals surface area contributed by atoms with E-state index in [0.29, 0.717) is 0 Å². The molecule has 27 heavy (non-hydrogen) atoms. The molecule has 0 fully saturated rings.